The summed E-state index contributed by atoms with van der Waals surface area (Å²) < 4.78 is 2.06. The maximum Gasteiger partial charge on any atom is 0.253 e. The normalized spacial score (nSPS) is 16.9. The largest absolute Gasteiger partial charge is 0.378 e. The van der Waals surface area contributed by atoms with Crippen molar-refractivity contribution < 1.29 is 9.90 Å². The van der Waals surface area contributed by atoms with Crippen LogP contribution in [0, 0.1) is 0 Å². The first-order chi connectivity index (χ1) is 11.3. The van der Waals surface area contributed by atoms with Gasteiger partial charge in [-0.1, -0.05) is 49.6 Å². The van der Waals surface area contributed by atoms with Gasteiger partial charge in [-0.15, -0.1) is 10.2 Å². The van der Waals surface area contributed by atoms with Gasteiger partial charge in [-0.05, 0) is 18.4 Å². The van der Waals surface area contributed by atoms with Crippen LogP contribution in [0.4, 0.5) is 0 Å². The lowest BCUT2D eigenvalue weighted by Crippen LogP contribution is -2.30. The lowest BCUT2D eigenvalue weighted by atomic mass is 9.95. The van der Waals surface area contributed by atoms with Crippen LogP contribution < -0.4 is 5.32 Å². The zero-order valence-electron chi connectivity index (χ0n) is 13.1. The monoisotopic (exact) mass is 314 g/mol. The summed E-state index contributed by atoms with van der Waals surface area (Å²) in [5.74, 6) is 0.319. The van der Waals surface area contributed by atoms with Crippen molar-refractivity contribution in [2.75, 3.05) is 0 Å². The van der Waals surface area contributed by atoms with Gasteiger partial charge in [0.15, 0.2) is 11.9 Å². The second-order valence-electron chi connectivity index (χ2n) is 5.98. The molecule has 1 saturated carbocycles. The van der Waals surface area contributed by atoms with Gasteiger partial charge in [0, 0.05) is 6.04 Å². The molecule has 1 fully saturated rings. The number of hydrogen-bond acceptors (Lipinski definition) is 4. The van der Waals surface area contributed by atoms with E-state index in [0.29, 0.717) is 11.6 Å². The fourth-order valence-corrected chi connectivity index (χ4v) is 3.11. The number of aliphatic hydroxyl groups is 1. The highest BCUT2D eigenvalue weighted by Gasteiger charge is 2.20. The minimum absolute atomic E-state index is 0.277. The third-order valence-electron chi connectivity index (χ3n) is 4.40. The Kier molecular flexibility index (Phi) is 5.02. The number of rotatable bonds is 5. The molecule has 0 spiro atoms. The second kappa shape index (κ2) is 7.37. The number of nitrogens with one attached hydrogen (secondary N) is 1. The molecule has 3 rings (SSSR count). The molecule has 1 heterocycles. The van der Waals surface area contributed by atoms with Crippen LogP contribution >= 0.6 is 0 Å². The number of benzene rings is 1. The molecule has 1 aliphatic rings. The Morgan fingerprint density at radius 2 is 2.00 bits per heavy atom. The first-order valence-electron chi connectivity index (χ1n) is 8.15. The summed E-state index contributed by atoms with van der Waals surface area (Å²) in [6.07, 6.45) is 6.57. The fraction of sp³-hybridized carbons (Fsp3) is 0.471. The van der Waals surface area contributed by atoms with E-state index >= 15 is 0 Å². The van der Waals surface area contributed by atoms with E-state index < -0.39 is 12.0 Å². The Morgan fingerprint density at radius 3 is 2.74 bits per heavy atom. The van der Waals surface area contributed by atoms with Gasteiger partial charge in [-0.2, -0.15) is 0 Å². The minimum Gasteiger partial charge on any atom is -0.378 e. The molecule has 1 aromatic carbocycles. The van der Waals surface area contributed by atoms with Crippen LogP contribution in [-0.2, 0) is 11.3 Å². The van der Waals surface area contributed by atoms with Crippen molar-refractivity contribution in [3.63, 3.8) is 0 Å². The standard InChI is InChI=1S/C17H22N4O2/c22-16(13-7-3-1-4-8-13)17(23)18-11-15-20-19-12-21(15)14-9-5-2-6-10-14/h1,3-4,7-8,12,14,16,22H,2,5-6,9-11H2,(H,18,23). The Morgan fingerprint density at radius 1 is 1.26 bits per heavy atom. The third-order valence-corrected chi connectivity index (χ3v) is 4.40. The highest BCUT2D eigenvalue weighted by atomic mass is 16.3. The van der Waals surface area contributed by atoms with E-state index in [9.17, 15) is 9.90 Å². The molecule has 1 atom stereocenters. The number of aromatic nitrogens is 3. The van der Waals surface area contributed by atoms with E-state index in [-0.39, 0.29) is 6.54 Å². The van der Waals surface area contributed by atoms with Crippen molar-refractivity contribution >= 4 is 5.91 Å². The molecule has 1 aromatic heterocycles. The van der Waals surface area contributed by atoms with E-state index in [0.717, 1.165) is 18.7 Å². The summed E-state index contributed by atoms with van der Waals surface area (Å²) in [6.45, 7) is 0.277. The van der Waals surface area contributed by atoms with E-state index in [2.05, 4.69) is 20.1 Å². The third kappa shape index (κ3) is 3.76. The van der Waals surface area contributed by atoms with Gasteiger partial charge in [0.2, 0.25) is 0 Å². The summed E-state index contributed by atoms with van der Waals surface area (Å²) in [4.78, 5) is 12.1. The molecule has 0 bridgehead atoms. The van der Waals surface area contributed by atoms with Crippen LogP contribution in [0.15, 0.2) is 36.7 Å². The summed E-state index contributed by atoms with van der Waals surface area (Å²) in [5.41, 5.74) is 0.582. The summed E-state index contributed by atoms with van der Waals surface area (Å²) in [5, 5.41) is 20.9. The van der Waals surface area contributed by atoms with Crippen LogP contribution in [0.5, 0.6) is 0 Å². The van der Waals surface area contributed by atoms with Crippen LogP contribution in [-0.4, -0.2) is 25.8 Å². The maximum atomic E-state index is 12.1. The number of carbonyl (C=O) groups is 1. The Balaban J connectivity index is 1.60. The van der Waals surface area contributed by atoms with Gasteiger partial charge >= 0.3 is 0 Å². The summed E-state index contributed by atoms with van der Waals surface area (Å²) in [6, 6.07) is 9.33. The van der Waals surface area contributed by atoms with Crippen molar-refractivity contribution in [2.24, 2.45) is 0 Å². The lowest BCUT2D eigenvalue weighted by molar-refractivity contribution is -0.129. The molecule has 1 aliphatic carbocycles. The van der Waals surface area contributed by atoms with Crippen molar-refractivity contribution in [3.05, 3.63) is 48.0 Å². The van der Waals surface area contributed by atoms with Gasteiger partial charge in [-0.25, -0.2) is 0 Å². The average Bonchev–Trinajstić information content (AvgIpc) is 3.09. The van der Waals surface area contributed by atoms with Gasteiger partial charge < -0.3 is 15.0 Å². The van der Waals surface area contributed by atoms with Gasteiger partial charge in [0.05, 0.1) is 6.54 Å². The molecule has 23 heavy (non-hydrogen) atoms. The number of nitrogens with zero attached hydrogens (tertiary/aromatic N) is 3. The minimum atomic E-state index is -1.16. The zero-order valence-corrected chi connectivity index (χ0v) is 13.1. The molecule has 1 amide bonds. The van der Waals surface area contributed by atoms with Gasteiger partial charge in [0.1, 0.15) is 6.33 Å². The van der Waals surface area contributed by atoms with Crippen molar-refractivity contribution in [1.29, 1.82) is 0 Å². The predicted molar refractivity (Wildman–Crippen MR) is 85.4 cm³/mol. The molecular weight excluding hydrogens is 292 g/mol. The first-order valence-corrected chi connectivity index (χ1v) is 8.15. The fourth-order valence-electron chi connectivity index (χ4n) is 3.11. The highest BCUT2D eigenvalue weighted by molar-refractivity contribution is 5.81. The summed E-state index contributed by atoms with van der Waals surface area (Å²) >= 11 is 0. The molecule has 6 heteroatoms. The first kappa shape index (κ1) is 15.7. The van der Waals surface area contributed by atoms with E-state index in [1.54, 1.807) is 30.6 Å². The second-order valence-corrected chi connectivity index (χ2v) is 5.98. The van der Waals surface area contributed by atoms with Crippen molar-refractivity contribution in [3.8, 4) is 0 Å². The molecular formula is C17H22N4O2. The Labute approximate surface area is 135 Å². The van der Waals surface area contributed by atoms with E-state index in [1.807, 2.05) is 6.07 Å². The van der Waals surface area contributed by atoms with E-state index in [4.69, 9.17) is 0 Å². The quantitative estimate of drug-likeness (QED) is 0.886. The Bertz CT molecular complexity index is 635. The Hall–Kier alpha value is -2.21. The summed E-state index contributed by atoms with van der Waals surface area (Å²) in [7, 11) is 0. The number of aliphatic hydroxyl groups excluding tert-OH is 1. The molecule has 2 aromatic rings. The maximum absolute atomic E-state index is 12.1. The molecule has 1 unspecified atom stereocenters. The zero-order chi connectivity index (χ0) is 16.1. The molecule has 122 valence electrons. The van der Waals surface area contributed by atoms with Crippen LogP contribution in [0.1, 0.15) is 55.6 Å². The highest BCUT2D eigenvalue weighted by Crippen LogP contribution is 2.28. The molecule has 2 N–H and O–H groups in total. The predicted octanol–water partition coefficient (Wildman–Crippen LogP) is 2.13. The lowest BCUT2D eigenvalue weighted by Gasteiger charge is -2.24. The molecule has 6 nitrogen and oxygen atoms in total. The van der Waals surface area contributed by atoms with Crippen molar-refractivity contribution in [2.45, 2.75) is 50.8 Å². The SMILES string of the molecule is O=C(NCc1nncn1C1CCCCC1)C(O)c1ccccc1. The molecule has 0 radical (unpaired) electrons. The van der Waals surface area contributed by atoms with Crippen LogP contribution in [0.25, 0.3) is 0 Å². The van der Waals surface area contributed by atoms with Gasteiger partial charge in [0.25, 0.3) is 5.91 Å². The molecule has 0 saturated heterocycles. The van der Waals surface area contributed by atoms with Crippen LogP contribution in [0.3, 0.4) is 0 Å². The topological polar surface area (TPSA) is 80.0 Å². The number of carbonyl (C=O) groups excluding carboxylic acids is 1. The number of amides is 1. The van der Waals surface area contributed by atoms with Gasteiger partial charge in [-0.3, -0.25) is 4.79 Å². The van der Waals surface area contributed by atoms with Crippen molar-refractivity contribution in [1.82, 2.24) is 20.1 Å². The smallest absolute Gasteiger partial charge is 0.253 e. The average molecular weight is 314 g/mol. The molecule has 0 aliphatic heterocycles. The van der Waals surface area contributed by atoms with E-state index in [1.165, 1.54) is 19.3 Å². The van der Waals surface area contributed by atoms with Crippen LogP contribution in [0.2, 0.25) is 0 Å². The number of hydrogen-bond donors (Lipinski definition) is 2.